The molecule has 4 rings (SSSR count). The van der Waals surface area contributed by atoms with E-state index in [1.807, 2.05) is 47.5 Å². The minimum atomic E-state index is 0.161. The molecule has 5 heteroatoms. The monoisotopic (exact) mass is 349 g/mol. The molecule has 0 saturated carbocycles. The summed E-state index contributed by atoms with van der Waals surface area (Å²) in [7, 11) is 1.64. The first kappa shape index (κ1) is 16.6. The normalized spacial score (nSPS) is 17.4. The Labute approximate surface area is 153 Å². The van der Waals surface area contributed by atoms with E-state index in [2.05, 4.69) is 16.0 Å². The number of likely N-dealkylation sites (tertiary alicyclic amines) is 1. The zero-order valence-electron chi connectivity index (χ0n) is 14.9. The molecule has 3 aromatic rings. The maximum atomic E-state index is 12.8. The molecule has 0 radical (unpaired) electrons. The number of nitrogens with one attached hydrogen (secondary N) is 1. The molecule has 0 spiro atoms. The van der Waals surface area contributed by atoms with Gasteiger partial charge in [0.1, 0.15) is 5.75 Å². The summed E-state index contributed by atoms with van der Waals surface area (Å²) in [5.41, 5.74) is 4.16. The highest BCUT2D eigenvalue weighted by atomic mass is 16.5. The number of aromatic nitrogens is 2. The first-order chi connectivity index (χ1) is 12.7. The number of pyridine rings is 1. The lowest BCUT2D eigenvalue weighted by Gasteiger charge is -2.32. The smallest absolute Gasteiger partial charge is 0.227 e. The number of nitrogens with zero attached hydrogens (tertiary/aromatic N) is 2. The fraction of sp³-hybridized carbons (Fsp3) is 0.333. The lowest BCUT2D eigenvalue weighted by molar-refractivity contribution is -0.131. The number of amides is 1. The summed E-state index contributed by atoms with van der Waals surface area (Å²) >= 11 is 0. The van der Waals surface area contributed by atoms with Gasteiger partial charge in [-0.1, -0.05) is 18.2 Å². The summed E-state index contributed by atoms with van der Waals surface area (Å²) in [5.74, 6) is 1.27. The Kier molecular flexibility index (Phi) is 4.61. The van der Waals surface area contributed by atoms with Gasteiger partial charge in [-0.15, -0.1) is 0 Å². The van der Waals surface area contributed by atoms with Crippen molar-refractivity contribution in [2.24, 2.45) is 0 Å². The van der Waals surface area contributed by atoms with E-state index in [1.54, 1.807) is 7.11 Å². The van der Waals surface area contributed by atoms with Gasteiger partial charge in [0.2, 0.25) is 5.91 Å². The van der Waals surface area contributed by atoms with Crippen molar-refractivity contribution in [3.63, 3.8) is 0 Å². The molecule has 2 aromatic heterocycles. The molecule has 1 aromatic carbocycles. The topological polar surface area (TPSA) is 58.2 Å². The highest BCUT2D eigenvalue weighted by Gasteiger charge is 2.26. The van der Waals surface area contributed by atoms with Crippen LogP contribution in [-0.2, 0) is 11.2 Å². The van der Waals surface area contributed by atoms with Crippen molar-refractivity contribution in [2.75, 3.05) is 20.2 Å². The number of aromatic amines is 1. The van der Waals surface area contributed by atoms with Crippen molar-refractivity contribution >= 4 is 16.9 Å². The second-order valence-corrected chi connectivity index (χ2v) is 6.83. The van der Waals surface area contributed by atoms with E-state index in [9.17, 15) is 4.79 Å². The van der Waals surface area contributed by atoms with Gasteiger partial charge in [-0.05, 0) is 37.1 Å². The van der Waals surface area contributed by atoms with Crippen molar-refractivity contribution in [2.45, 2.75) is 25.2 Å². The van der Waals surface area contributed by atoms with Crippen LogP contribution in [0.4, 0.5) is 0 Å². The van der Waals surface area contributed by atoms with E-state index in [0.717, 1.165) is 48.3 Å². The quantitative estimate of drug-likeness (QED) is 0.784. The van der Waals surface area contributed by atoms with Gasteiger partial charge in [-0.25, -0.2) is 0 Å². The number of H-pyrrole nitrogens is 1. The number of rotatable bonds is 4. The number of ether oxygens (including phenoxy) is 1. The average Bonchev–Trinajstić information content (AvgIpc) is 3.13. The van der Waals surface area contributed by atoms with E-state index in [-0.39, 0.29) is 5.91 Å². The molecule has 5 nitrogen and oxygen atoms in total. The fourth-order valence-corrected chi connectivity index (χ4v) is 3.78. The van der Waals surface area contributed by atoms with Gasteiger partial charge in [0.15, 0.2) is 0 Å². The van der Waals surface area contributed by atoms with Crippen LogP contribution in [0.1, 0.15) is 30.0 Å². The third kappa shape index (κ3) is 3.29. The highest BCUT2D eigenvalue weighted by Crippen LogP contribution is 2.29. The molecule has 1 aliphatic rings. The number of fused-ring (bicyclic) bond motifs is 1. The molecule has 3 heterocycles. The van der Waals surface area contributed by atoms with Gasteiger partial charge < -0.3 is 14.6 Å². The fourth-order valence-electron chi connectivity index (χ4n) is 3.78. The van der Waals surface area contributed by atoms with Gasteiger partial charge in [0.05, 0.1) is 24.6 Å². The van der Waals surface area contributed by atoms with E-state index in [4.69, 9.17) is 4.74 Å². The molecule has 0 unspecified atom stereocenters. The largest absolute Gasteiger partial charge is 0.496 e. The average molecular weight is 349 g/mol. The first-order valence-electron chi connectivity index (χ1n) is 9.08. The number of piperidine rings is 1. The van der Waals surface area contributed by atoms with Gasteiger partial charge >= 0.3 is 0 Å². The molecule has 26 heavy (non-hydrogen) atoms. The lowest BCUT2D eigenvalue weighted by Crippen LogP contribution is -2.40. The summed E-state index contributed by atoms with van der Waals surface area (Å²) < 4.78 is 5.37. The van der Waals surface area contributed by atoms with Crippen molar-refractivity contribution in [3.8, 4) is 5.75 Å². The van der Waals surface area contributed by atoms with Crippen LogP contribution in [0.25, 0.3) is 11.0 Å². The second kappa shape index (κ2) is 7.20. The van der Waals surface area contributed by atoms with Gasteiger partial charge in [0.25, 0.3) is 0 Å². The number of hydrogen-bond acceptors (Lipinski definition) is 3. The summed E-state index contributed by atoms with van der Waals surface area (Å²) in [4.78, 5) is 22.7. The second-order valence-electron chi connectivity index (χ2n) is 6.83. The van der Waals surface area contributed by atoms with Crippen LogP contribution in [0.5, 0.6) is 5.75 Å². The first-order valence-corrected chi connectivity index (χ1v) is 9.08. The maximum absolute atomic E-state index is 12.8. The van der Waals surface area contributed by atoms with Crippen molar-refractivity contribution in [3.05, 3.63) is 59.9 Å². The van der Waals surface area contributed by atoms with Crippen molar-refractivity contribution in [1.82, 2.24) is 14.9 Å². The number of carbonyl (C=O) groups is 1. The molecular formula is C21H23N3O2. The van der Waals surface area contributed by atoms with Crippen LogP contribution in [0, 0.1) is 0 Å². The molecule has 1 N–H and O–H groups in total. The van der Waals surface area contributed by atoms with Crippen LogP contribution in [-0.4, -0.2) is 41.0 Å². The molecule has 0 aliphatic carbocycles. The van der Waals surface area contributed by atoms with Crippen LogP contribution in [0.2, 0.25) is 0 Å². The molecular weight excluding hydrogens is 326 g/mol. The number of hydrogen-bond donors (Lipinski definition) is 1. The van der Waals surface area contributed by atoms with Gasteiger partial charge in [-0.3, -0.25) is 9.78 Å². The zero-order chi connectivity index (χ0) is 17.9. The summed E-state index contributed by atoms with van der Waals surface area (Å²) in [6.45, 7) is 1.57. The molecule has 0 bridgehead atoms. The van der Waals surface area contributed by atoms with E-state index in [0.29, 0.717) is 12.3 Å². The molecule has 1 fully saturated rings. The molecule has 1 amide bonds. The SMILES string of the molecule is COc1ccccc1CC(=O)N1CCC[C@@H](c2cc3ncccc3[nH]2)C1. The van der Waals surface area contributed by atoms with Gasteiger partial charge in [0, 0.05) is 36.5 Å². The predicted molar refractivity (Wildman–Crippen MR) is 101 cm³/mol. The van der Waals surface area contributed by atoms with Crippen LogP contribution < -0.4 is 4.74 Å². The predicted octanol–water partition coefficient (Wildman–Crippen LogP) is 3.52. The van der Waals surface area contributed by atoms with Gasteiger partial charge in [-0.2, -0.15) is 0 Å². The Morgan fingerprint density at radius 1 is 1.31 bits per heavy atom. The molecule has 1 saturated heterocycles. The minimum absolute atomic E-state index is 0.161. The number of benzene rings is 1. The third-order valence-electron chi connectivity index (χ3n) is 5.16. The van der Waals surface area contributed by atoms with Crippen molar-refractivity contribution < 1.29 is 9.53 Å². The summed E-state index contributed by atoms with van der Waals surface area (Å²) in [6.07, 6.45) is 4.30. The molecule has 1 atom stereocenters. The highest BCUT2D eigenvalue weighted by molar-refractivity contribution is 5.80. The summed E-state index contributed by atoms with van der Waals surface area (Å²) in [5, 5.41) is 0. The van der Waals surface area contributed by atoms with E-state index in [1.165, 1.54) is 5.69 Å². The maximum Gasteiger partial charge on any atom is 0.227 e. The summed E-state index contributed by atoms with van der Waals surface area (Å²) in [6, 6.07) is 13.8. The van der Waals surface area contributed by atoms with E-state index >= 15 is 0 Å². The number of methoxy groups -OCH3 is 1. The molecule has 134 valence electrons. The van der Waals surface area contributed by atoms with Crippen LogP contribution in [0.3, 0.4) is 0 Å². The Morgan fingerprint density at radius 2 is 2.19 bits per heavy atom. The van der Waals surface area contributed by atoms with Crippen molar-refractivity contribution in [1.29, 1.82) is 0 Å². The molecule has 1 aliphatic heterocycles. The Hall–Kier alpha value is -2.82. The third-order valence-corrected chi connectivity index (χ3v) is 5.16. The van der Waals surface area contributed by atoms with Crippen LogP contribution in [0.15, 0.2) is 48.7 Å². The Morgan fingerprint density at radius 3 is 3.04 bits per heavy atom. The number of carbonyl (C=O) groups excluding carboxylic acids is 1. The minimum Gasteiger partial charge on any atom is -0.496 e. The Bertz CT molecular complexity index is 885. The Balaban J connectivity index is 1.48. The zero-order valence-corrected chi connectivity index (χ0v) is 14.9. The number of para-hydroxylation sites is 1. The van der Waals surface area contributed by atoms with Crippen LogP contribution >= 0.6 is 0 Å². The standard InChI is InChI=1S/C21H23N3O2/c1-26-20-9-3-2-6-15(20)12-21(25)24-11-5-7-16(14-24)18-13-19-17(23-18)8-4-10-22-19/h2-4,6,8-10,13,16,23H,5,7,11-12,14H2,1H3/t16-/m1/s1. The van der Waals surface area contributed by atoms with E-state index < -0.39 is 0 Å². The lowest BCUT2D eigenvalue weighted by atomic mass is 9.94.